The molecule has 0 spiro atoms. The lowest BCUT2D eigenvalue weighted by atomic mass is 9.73. The molecule has 1 aliphatic carbocycles. The van der Waals surface area contributed by atoms with Gasteiger partial charge < -0.3 is 4.74 Å². The number of ketones is 1. The molecule has 0 aliphatic heterocycles. The first kappa shape index (κ1) is 19.1. The molecule has 3 rings (SSSR count). The van der Waals surface area contributed by atoms with Gasteiger partial charge in [-0.25, -0.2) is 0 Å². The summed E-state index contributed by atoms with van der Waals surface area (Å²) in [4.78, 5) is 25.4. The molecule has 2 atom stereocenters. The van der Waals surface area contributed by atoms with E-state index in [9.17, 15) is 9.59 Å². The zero-order valence-electron chi connectivity index (χ0n) is 16.2. The minimum Gasteiger partial charge on any atom is -0.465 e. The highest BCUT2D eigenvalue weighted by atomic mass is 16.5. The highest BCUT2D eigenvalue weighted by molar-refractivity contribution is 6.10. The Kier molecular flexibility index (Phi) is 5.90. The predicted molar refractivity (Wildman–Crippen MR) is 107 cm³/mol. The molecule has 0 heterocycles. The summed E-state index contributed by atoms with van der Waals surface area (Å²) in [5, 5.41) is 0. The van der Waals surface area contributed by atoms with E-state index in [1.54, 1.807) is 13.0 Å². The van der Waals surface area contributed by atoms with Crippen molar-refractivity contribution in [3.05, 3.63) is 76.9 Å². The van der Waals surface area contributed by atoms with Crippen molar-refractivity contribution in [1.82, 2.24) is 0 Å². The van der Waals surface area contributed by atoms with Gasteiger partial charge >= 0.3 is 5.97 Å². The van der Waals surface area contributed by atoms with E-state index < -0.39 is 11.9 Å². The summed E-state index contributed by atoms with van der Waals surface area (Å²) >= 11 is 0. The van der Waals surface area contributed by atoms with E-state index in [4.69, 9.17) is 4.74 Å². The fourth-order valence-electron chi connectivity index (χ4n) is 3.74. The summed E-state index contributed by atoms with van der Waals surface area (Å²) in [6.07, 6.45) is 3.23. The van der Waals surface area contributed by atoms with Crippen LogP contribution in [-0.2, 0) is 20.7 Å². The highest BCUT2D eigenvalue weighted by Gasteiger charge is 2.39. The van der Waals surface area contributed by atoms with E-state index in [1.165, 1.54) is 5.56 Å². The lowest BCUT2D eigenvalue weighted by molar-refractivity contribution is -0.151. The smallest absolute Gasteiger partial charge is 0.317 e. The Morgan fingerprint density at radius 2 is 1.85 bits per heavy atom. The fourth-order valence-corrected chi connectivity index (χ4v) is 3.74. The minimum atomic E-state index is -0.772. The third-order valence-corrected chi connectivity index (χ3v) is 5.21. The largest absolute Gasteiger partial charge is 0.465 e. The van der Waals surface area contributed by atoms with Crippen LogP contribution in [0, 0.1) is 12.8 Å². The molecular formula is C24H26O3. The number of hydrogen-bond donors (Lipinski definition) is 0. The quantitative estimate of drug-likeness (QED) is 0.562. The van der Waals surface area contributed by atoms with Gasteiger partial charge in [0.25, 0.3) is 0 Å². The van der Waals surface area contributed by atoms with Crippen LogP contribution in [0.25, 0.3) is 5.57 Å². The standard InChI is InChI=1S/C24H26O3/c1-4-17-9-11-18(12-10-17)21-14-20(19-8-6-7-16(3)13-19)15-22(25)23(21)24(26)27-5-2/h6-13,15,21,23H,4-5,14H2,1-3H3/t21-,23-/m0/s1. The molecule has 0 amide bonds. The molecule has 27 heavy (non-hydrogen) atoms. The van der Waals surface area contributed by atoms with Gasteiger partial charge in [0, 0.05) is 5.92 Å². The molecule has 0 aromatic heterocycles. The van der Waals surface area contributed by atoms with Crippen LogP contribution in [0.3, 0.4) is 0 Å². The molecule has 1 aliphatic rings. The molecule has 3 nitrogen and oxygen atoms in total. The molecule has 0 radical (unpaired) electrons. The Hall–Kier alpha value is -2.68. The number of benzene rings is 2. The second kappa shape index (κ2) is 8.34. The van der Waals surface area contributed by atoms with Gasteiger partial charge in [-0.15, -0.1) is 0 Å². The molecule has 140 valence electrons. The third kappa shape index (κ3) is 4.19. The second-order valence-corrected chi connectivity index (χ2v) is 7.08. The molecule has 0 saturated heterocycles. The minimum absolute atomic E-state index is 0.166. The first-order chi connectivity index (χ1) is 13.0. The van der Waals surface area contributed by atoms with Crippen molar-refractivity contribution in [2.45, 2.75) is 39.5 Å². The van der Waals surface area contributed by atoms with Crippen molar-refractivity contribution >= 4 is 17.3 Å². The normalized spacial score (nSPS) is 19.5. The zero-order valence-corrected chi connectivity index (χ0v) is 16.2. The molecule has 0 saturated carbocycles. The molecule has 2 aromatic carbocycles. The summed E-state index contributed by atoms with van der Waals surface area (Å²) in [7, 11) is 0. The van der Waals surface area contributed by atoms with Gasteiger partial charge in [0.15, 0.2) is 5.78 Å². The average Bonchev–Trinajstić information content (AvgIpc) is 2.67. The van der Waals surface area contributed by atoms with Gasteiger partial charge in [0.05, 0.1) is 6.61 Å². The van der Waals surface area contributed by atoms with Gasteiger partial charge in [0.1, 0.15) is 5.92 Å². The van der Waals surface area contributed by atoms with Gasteiger partial charge in [-0.2, -0.15) is 0 Å². The summed E-state index contributed by atoms with van der Waals surface area (Å²) in [5.74, 6) is -1.57. The van der Waals surface area contributed by atoms with E-state index in [0.717, 1.165) is 28.7 Å². The van der Waals surface area contributed by atoms with Gasteiger partial charge in [-0.1, -0.05) is 61.0 Å². The van der Waals surface area contributed by atoms with Crippen LogP contribution in [0.15, 0.2) is 54.6 Å². The number of hydrogen-bond acceptors (Lipinski definition) is 3. The van der Waals surface area contributed by atoms with Crippen molar-refractivity contribution in [3.8, 4) is 0 Å². The molecule has 0 fully saturated rings. The first-order valence-corrected chi connectivity index (χ1v) is 9.60. The maximum absolute atomic E-state index is 12.9. The number of carbonyl (C=O) groups is 2. The van der Waals surface area contributed by atoms with E-state index in [2.05, 4.69) is 25.1 Å². The van der Waals surface area contributed by atoms with Gasteiger partial charge in [-0.05, 0) is 55.0 Å². The van der Waals surface area contributed by atoms with Crippen molar-refractivity contribution < 1.29 is 14.3 Å². The van der Waals surface area contributed by atoms with Crippen LogP contribution < -0.4 is 0 Å². The SMILES string of the molecule is CCOC(=O)[C@@H]1C(=O)C=C(c2cccc(C)c2)C[C@H]1c1ccc(CC)cc1. The lowest BCUT2D eigenvalue weighted by Gasteiger charge is -2.29. The number of aryl methyl sites for hydroxylation is 2. The van der Waals surface area contributed by atoms with Gasteiger partial charge in [-0.3, -0.25) is 9.59 Å². The van der Waals surface area contributed by atoms with Crippen LogP contribution in [0.2, 0.25) is 0 Å². The van der Waals surface area contributed by atoms with Gasteiger partial charge in [0.2, 0.25) is 0 Å². The molecule has 3 heteroatoms. The molecule has 2 aromatic rings. The van der Waals surface area contributed by atoms with Crippen LogP contribution in [0.5, 0.6) is 0 Å². The van der Waals surface area contributed by atoms with Crippen molar-refractivity contribution in [2.24, 2.45) is 5.92 Å². The maximum atomic E-state index is 12.9. The maximum Gasteiger partial charge on any atom is 0.317 e. The van der Waals surface area contributed by atoms with E-state index in [1.807, 2.05) is 37.3 Å². The van der Waals surface area contributed by atoms with E-state index in [0.29, 0.717) is 6.42 Å². The number of carbonyl (C=O) groups excluding carboxylic acids is 2. The summed E-state index contributed by atoms with van der Waals surface area (Å²) < 4.78 is 5.22. The van der Waals surface area contributed by atoms with Crippen molar-refractivity contribution in [3.63, 3.8) is 0 Å². The highest BCUT2D eigenvalue weighted by Crippen LogP contribution is 2.40. The first-order valence-electron chi connectivity index (χ1n) is 9.60. The Morgan fingerprint density at radius 1 is 1.11 bits per heavy atom. The fraction of sp³-hybridized carbons (Fsp3) is 0.333. The van der Waals surface area contributed by atoms with Crippen LogP contribution in [-0.4, -0.2) is 18.4 Å². The molecule has 0 unspecified atom stereocenters. The molecule has 0 bridgehead atoms. The number of rotatable bonds is 5. The Morgan fingerprint density at radius 3 is 2.48 bits per heavy atom. The Bertz CT molecular complexity index is 861. The lowest BCUT2D eigenvalue weighted by Crippen LogP contribution is -2.34. The third-order valence-electron chi connectivity index (χ3n) is 5.21. The van der Waals surface area contributed by atoms with Crippen LogP contribution in [0.1, 0.15) is 48.4 Å². The summed E-state index contributed by atoms with van der Waals surface area (Å²) in [6, 6.07) is 16.4. The summed E-state index contributed by atoms with van der Waals surface area (Å²) in [5.41, 5.74) is 5.42. The Labute approximate surface area is 161 Å². The van der Waals surface area contributed by atoms with Crippen LogP contribution >= 0.6 is 0 Å². The predicted octanol–water partition coefficient (Wildman–Crippen LogP) is 4.88. The second-order valence-electron chi connectivity index (χ2n) is 7.08. The number of allylic oxidation sites excluding steroid dienone is 2. The number of ether oxygens (including phenoxy) is 1. The van der Waals surface area contributed by atoms with Crippen molar-refractivity contribution in [2.75, 3.05) is 6.61 Å². The van der Waals surface area contributed by atoms with Crippen LogP contribution in [0.4, 0.5) is 0 Å². The monoisotopic (exact) mass is 362 g/mol. The van der Waals surface area contributed by atoms with Crippen molar-refractivity contribution in [1.29, 1.82) is 0 Å². The Balaban J connectivity index is 2.01. The number of esters is 1. The summed E-state index contributed by atoms with van der Waals surface area (Å²) in [6.45, 7) is 6.19. The average molecular weight is 362 g/mol. The molecule has 0 N–H and O–H groups in total. The topological polar surface area (TPSA) is 43.4 Å². The van der Waals surface area contributed by atoms with E-state index in [-0.39, 0.29) is 18.3 Å². The molecular weight excluding hydrogens is 336 g/mol. The zero-order chi connectivity index (χ0) is 19.4. The van der Waals surface area contributed by atoms with E-state index >= 15 is 0 Å².